The van der Waals surface area contributed by atoms with E-state index in [9.17, 15) is 30.8 Å². The van der Waals surface area contributed by atoms with Gasteiger partial charge in [0, 0.05) is 17.1 Å². The first-order valence-corrected chi connectivity index (χ1v) is 11.2. The van der Waals surface area contributed by atoms with Crippen LogP contribution in [0.3, 0.4) is 0 Å². The molecular weight excluding hydrogens is 478 g/mol. The fraction of sp³-hybridized carbons (Fsp3) is 0.136. The first-order valence-electron chi connectivity index (χ1n) is 9.73. The number of amides is 1. The molecule has 3 aromatic carbocycles. The van der Waals surface area contributed by atoms with Gasteiger partial charge in [-0.05, 0) is 79.7 Å². The normalized spacial score (nSPS) is 12.5. The Balaban J connectivity index is 1.56. The van der Waals surface area contributed by atoms with E-state index >= 15 is 0 Å². The summed E-state index contributed by atoms with van der Waals surface area (Å²) in [7, 11) is -3.90. The highest BCUT2D eigenvalue weighted by molar-refractivity contribution is 7.92. The van der Waals surface area contributed by atoms with Gasteiger partial charge in [-0.15, -0.1) is 13.2 Å². The highest BCUT2D eigenvalue weighted by atomic mass is 32.2. The Morgan fingerprint density at radius 2 is 1.38 bits per heavy atom. The summed E-state index contributed by atoms with van der Waals surface area (Å²) in [5.41, 5.74) is 1.05. The van der Waals surface area contributed by atoms with E-state index in [1.165, 1.54) is 24.3 Å². The summed E-state index contributed by atoms with van der Waals surface area (Å²) >= 11 is 0. The van der Waals surface area contributed by atoms with Crippen LogP contribution in [-0.2, 0) is 14.8 Å². The van der Waals surface area contributed by atoms with E-state index < -0.39 is 39.9 Å². The van der Waals surface area contributed by atoms with Crippen molar-refractivity contribution in [2.45, 2.75) is 24.2 Å². The molecule has 1 amide bonds. The molecule has 3 rings (SSSR count). The van der Waals surface area contributed by atoms with Gasteiger partial charge in [0.1, 0.15) is 17.6 Å². The third kappa shape index (κ3) is 7.10. The zero-order chi connectivity index (χ0) is 24.9. The molecule has 3 N–H and O–H groups in total. The monoisotopic (exact) mass is 497 g/mol. The minimum absolute atomic E-state index is 0.0978. The van der Waals surface area contributed by atoms with Crippen LogP contribution in [0.5, 0.6) is 5.75 Å². The first-order chi connectivity index (χ1) is 15.9. The SMILES string of the molecule is CC(Nc1ccc(NS(=O)(=O)c2ccc(F)cc2)cc1)C(=O)Nc1ccc(OC(F)(F)F)cc1. The van der Waals surface area contributed by atoms with Crippen molar-refractivity contribution in [3.05, 3.63) is 78.6 Å². The van der Waals surface area contributed by atoms with Crippen molar-refractivity contribution in [2.75, 3.05) is 15.4 Å². The molecule has 34 heavy (non-hydrogen) atoms. The van der Waals surface area contributed by atoms with Crippen LogP contribution in [0, 0.1) is 5.82 Å². The maximum atomic E-state index is 13.0. The van der Waals surface area contributed by atoms with Crippen LogP contribution in [-0.4, -0.2) is 26.7 Å². The van der Waals surface area contributed by atoms with Gasteiger partial charge in [0.05, 0.1) is 4.90 Å². The molecule has 180 valence electrons. The highest BCUT2D eigenvalue weighted by Gasteiger charge is 2.31. The average molecular weight is 497 g/mol. The molecule has 0 saturated carbocycles. The van der Waals surface area contributed by atoms with Gasteiger partial charge in [0.2, 0.25) is 5.91 Å². The molecule has 0 aliphatic heterocycles. The van der Waals surface area contributed by atoms with Crippen LogP contribution < -0.4 is 20.1 Å². The standard InChI is InChI=1S/C22H19F4N3O4S/c1-14(21(30)28-17-8-10-19(11-9-17)33-22(24,25)26)27-16-4-6-18(7-5-16)29-34(31,32)20-12-2-15(23)3-13-20/h2-14,27,29H,1H3,(H,28,30). The molecule has 0 aliphatic carbocycles. The maximum absolute atomic E-state index is 13.0. The van der Waals surface area contributed by atoms with Crippen molar-refractivity contribution in [1.29, 1.82) is 0 Å². The molecule has 0 radical (unpaired) electrons. The summed E-state index contributed by atoms with van der Waals surface area (Å²) in [5.74, 6) is -1.42. The summed E-state index contributed by atoms with van der Waals surface area (Å²) in [5, 5.41) is 5.49. The Morgan fingerprint density at radius 1 is 0.853 bits per heavy atom. The second-order valence-corrected chi connectivity index (χ2v) is 8.75. The van der Waals surface area contributed by atoms with Crippen molar-refractivity contribution < 1.29 is 35.5 Å². The first kappa shape index (κ1) is 24.8. The lowest BCUT2D eigenvalue weighted by Gasteiger charge is -2.16. The molecule has 0 heterocycles. The van der Waals surface area contributed by atoms with E-state index in [4.69, 9.17) is 0 Å². The highest BCUT2D eigenvalue weighted by Crippen LogP contribution is 2.24. The molecule has 1 unspecified atom stereocenters. The van der Waals surface area contributed by atoms with Crippen molar-refractivity contribution in [2.24, 2.45) is 0 Å². The van der Waals surface area contributed by atoms with Gasteiger partial charge in [0.25, 0.3) is 10.0 Å². The summed E-state index contributed by atoms with van der Waals surface area (Å²) in [6, 6.07) is 14.4. The lowest BCUT2D eigenvalue weighted by atomic mass is 10.2. The van der Waals surface area contributed by atoms with Crippen molar-refractivity contribution in [1.82, 2.24) is 0 Å². The predicted molar refractivity (Wildman–Crippen MR) is 118 cm³/mol. The number of hydrogen-bond acceptors (Lipinski definition) is 5. The number of carbonyl (C=O) groups excluding carboxylic acids is 1. The van der Waals surface area contributed by atoms with Crippen LogP contribution in [0.25, 0.3) is 0 Å². The maximum Gasteiger partial charge on any atom is 0.573 e. The number of anilines is 3. The molecule has 0 aliphatic rings. The number of carbonyl (C=O) groups is 1. The predicted octanol–water partition coefficient (Wildman–Crippen LogP) is 4.96. The lowest BCUT2D eigenvalue weighted by Crippen LogP contribution is -2.31. The van der Waals surface area contributed by atoms with Crippen LogP contribution in [0.15, 0.2) is 77.7 Å². The number of alkyl halides is 3. The van der Waals surface area contributed by atoms with E-state index in [-0.39, 0.29) is 16.3 Å². The second-order valence-electron chi connectivity index (χ2n) is 7.06. The molecular formula is C22H19F4N3O4S. The molecule has 0 spiro atoms. The van der Waals surface area contributed by atoms with Gasteiger partial charge < -0.3 is 15.4 Å². The number of hydrogen-bond donors (Lipinski definition) is 3. The molecule has 0 saturated heterocycles. The molecule has 0 fully saturated rings. The number of ether oxygens (including phenoxy) is 1. The van der Waals surface area contributed by atoms with Gasteiger partial charge in [-0.1, -0.05) is 0 Å². The molecule has 0 aromatic heterocycles. The Morgan fingerprint density at radius 3 is 1.94 bits per heavy atom. The van der Waals surface area contributed by atoms with Crippen molar-refractivity contribution in [3.63, 3.8) is 0 Å². The fourth-order valence-corrected chi connectivity index (χ4v) is 3.83. The van der Waals surface area contributed by atoms with Crippen LogP contribution in [0.2, 0.25) is 0 Å². The third-order valence-corrected chi connectivity index (χ3v) is 5.79. The molecule has 12 heteroatoms. The van der Waals surface area contributed by atoms with E-state index in [1.54, 1.807) is 19.1 Å². The summed E-state index contributed by atoms with van der Waals surface area (Å²) < 4.78 is 80.5. The van der Waals surface area contributed by atoms with Gasteiger partial charge in [-0.25, -0.2) is 12.8 Å². The Hall–Kier alpha value is -3.80. The summed E-state index contributed by atoms with van der Waals surface area (Å²) in [6.07, 6.45) is -4.81. The zero-order valence-corrected chi connectivity index (χ0v) is 18.4. The quantitative estimate of drug-likeness (QED) is 0.382. The Labute approximate surface area is 192 Å². The van der Waals surface area contributed by atoms with Gasteiger partial charge in [0.15, 0.2) is 0 Å². The van der Waals surface area contributed by atoms with E-state index in [0.29, 0.717) is 5.69 Å². The number of benzene rings is 3. The number of rotatable bonds is 8. The Bertz CT molecular complexity index is 1230. The molecule has 3 aromatic rings. The largest absolute Gasteiger partial charge is 0.573 e. The minimum Gasteiger partial charge on any atom is -0.406 e. The summed E-state index contributed by atoms with van der Waals surface area (Å²) in [6.45, 7) is 1.57. The number of halogens is 4. The van der Waals surface area contributed by atoms with Crippen molar-refractivity contribution in [3.8, 4) is 5.75 Å². The molecule has 1 atom stereocenters. The van der Waals surface area contributed by atoms with Crippen LogP contribution in [0.4, 0.5) is 34.6 Å². The van der Waals surface area contributed by atoms with E-state index in [0.717, 1.165) is 36.4 Å². The fourth-order valence-electron chi connectivity index (χ4n) is 2.77. The van der Waals surface area contributed by atoms with Gasteiger partial charge >= 0.3 is 6.36 Å². The Kier molecular flexibility index (Phi) is 7.30. The number of nitrogens with one attached hydrogen (secondary N) is 3. The third-order valence-electron chi connectivity index (χ3n) is 4.39. The van der Waals surface area contributed by atoms with Crippen LogP contribution in [0.1, 0.15) is 6.92 Å². The number of sulfonamides is 1. The average Bonchev–Trinajstić information content (AvgIpc) is 2.75. The summed E-state index contributed by atoms with van der Waals surface area (Å²) in [4.78, 5) is 12.3. The van der Waals surface area contributed by atoms with Gasteiger partial charge in [-0.2, -0.15) is 0 Å². The van der Waals surface area contributed by atoms with Crippen LogP contribution >= 0.6 is 0 Å². The molecule has 0 bridgehead atoms. The van der Waals surface area contributed by atoms with Crippen molar-refractivity contribution >= 4 is 33.0 Å². The second kappa shape index (κ2) is 10.00. The zero-order valence-electron chi connectivity index (χ0n) is 17.6. The lowest BCUT2D eigenvalue weighted by molar-refractivity contribution is -0.274. The van der Waals surface area contributed by atoms with E-state index in [2.05, 4.69) is 20.1 Å². The smallest absolute Gasteiger partial charge is 0.406 e. The van der Waals surface area contributed by atoms with Gasteiger partial charge in [-0.3, -0.25) is 9.52 Å². The molecule has 7 nitrogen and oxygen atoms in total. The minimum atomic E-state index is -4.81. The topological polar surface area (TPSA) is 96.5 Å². The van der Waals surface area contributed by atoms with E-state index in [1.807, 2.05) is 0 Å².